The van der Waals surface area contributed by atoms with Gasteiger partial charge in [0, 0.05) is 32.7 Å². The molecular weight excluding hydrogens is 282 g/mol. The van der Waals surface area contributed by atoms with Gasteiger partial charge < -0.3 is 15.0 Å². The number of nitrogens with one attached hydrogen (secondary N) is 1. The van der Waals surface area contributed by atoms with Gasteiger partial charge in [0.1, 0.15) is 6.61 Å². The molecule has 2 aliphatic rings. The van der Waals surface area contributed by atoms with Crippen molar-refractivity contribution in [2.75, 3.05) is 45.9 Å². The SMILES string of the molecule is CCNC(=O)CN1CCN(C(=O)COC2CCCCC2)CC1. The zero-order valence-electron chi connectivity index (χ0n) is 13.7. The van der Waals surface area contributed by atoms with Gasteiger partial charge in [0.25, 0.3) is 0 Å². The third-order valence-corrected chi connectivity index (χ3v) is 4.46. The van der Waals surface area contributed by atoms with E-state index < -0.39 is 0 Å². The molecule has 0 radical (unpaired) electrons. The van der Waals surface area contributed by atoms with Crippen LogP contribution in [0.25, 0.3) is 0 Å². The Balaban J connectivity index is 1.63. The Hall–Kier alpha value is -1.14. The highest BCUT2D eigenvalue weighted by Gasteiger charge is 2.23. The van der Waals surface area contributed by atoms with E-state index in [0.29, 0.717) is 26.2 Å². The van der Waals surface area contributed by atoms with Crippen LogP contribution in [0.5, 0.6) is 0 Å². The lowest BCUT2D eigenvalue weighted by atomic mass is 9.98. The molecule has 2 fully saturated rings. The van der Waals surface area contributed by atoms with E-state index in [9.17, 15) is 9.59 Å². The Bertz CT molecular complexity index is 362. The van der Waals surface area contributed by atoms with E-state index in [-0.39, 0.29) is 24.5 Å². The third kappa shape index (κ3) is 5.57. The largest absolute Gasteiger partial charge is 0.368 e. The Morgan fingerprint density at radius 1 is 1.09 bits per heavy atom. The molecule has 1 aliphatic carbocycles. The third-order valence-electron chi connectivity index (χ3n) is 4.46. The maximum atomic E-state index is 12.2. The first-order chi connectivity index (χ1) is 10.7. The normalized spacial score (nSPS) is 20.9. The van der Waals surface area contributed by atoms with Crippen LogP contribution in [-0.2, 0) is 14.3 Å². The molecule has 126 valence electrons. The van der Waals surface area contributed by atoms with E-state index in [0.717, 1.165) is 25.9 Å². The zero-order valence-corrected chi connectivity index (χ0v) is 13.7. The molecule has 1 heterocycles. The lowest BCUT2D eigenvalue weighted by Gasteiger charge is -2.34. The molecule has 0 bridgehead atoms. The van der Waals surface area contributed by atoms with Crippen molar-refractivity contribution >= 4 is 11.8 Å². The fourth-order valence-electron chi connectivity index (χ4n) is 3.12. The van der Waals surface area contributed by atoms with Gasteiger partial charge in [0.15, 0.2) is 0 Å². The summed E-state index contributed by atoms with van der Waals surface area (Å²) in [5.41, 5.74) is 0. The average Bonchev–Trinajstić information content (AvgIpc) is 2.54. The van der Waals surface area contributed by atoms with Crippen LogP contribution in [0.4, 0.5) is 0 Å². The van der Waals surface area contributed by atoms with Crippen molar-refractivity contribution in [3.05, 3.63) is 0 Å². The van der Waals surface area contributed by atoms with Crippen LogP contribution in [-0.4, -0.2) is 73.6 Å². The summed E-state index contributed by atoms with van der Waals surface area (Å²) in [5, 5.41) is 2.80. The van der Waals surface area contributed by atoms with Crippen LogP contribution in [0.1, 0.15) is 39.0 Å². The highest BCUT2D eigenvalue weighted by molar-refractivity contribution is 5.78. The molecule has 6 heteroatoms. The molecule has 22 heavy (non-hydrogen) atoms. The molecule has 0 aromatic carbocycles. The summed E-state index contributed by atoms with van der Waals surface area (Å²) in [5.74, 6) is 0.145. The predicted octanol–water partition coefficient (Wildman–Crippen LogP) is 0.616. The topological polar surface area (TPSA) is 61.9 Å². The molecule has 0 spiro atoms. The number of likely N-dealkylation sites (N-methyl/N-ethyl adjacent to an activating group) is 1. The van der Waals surface area contributed by atoms with Gasteiger partial charge in [-0.1, -0.05) is 19.3 Å². The van der Waals surface area contributed by atoms with E-state index in [1.54, 1.807) is 0 Å². The molecule has 0 aromatic rings. The van der Waals surface area contributed by atoms with Gasteiger partial charge >= 0.3 is 0 Å². The fraction of sp³-hybridized carbons (Fsp3) is 0.875. The molecule has 0 aromatic heterocycles. The van der Waals surface area contributed by atoms with Gasteiger partial charge in [-0.2, -0.15) is 0 Å². The quantitative estimate of drug-likeness (QED) is 0.781. The second-order valence-electron chi connectivity index (χ2n) is 6.18. The summed E-state index contributed by atoms with van der Waals surface area (Å²) in [6, 6.07) is 0. The molecule has 1 aliphatic heterocycles. The van der Waals surface area contributed by atoms with Crippen LogP contribution in [0, 0.1) is 0 Å². The van der Waals surface area contributed by atoms with Crippen LogP contribution < -0.4 is 5.32 Å². The lowest BCUT2D eigenvalue weighted by molar-refractivity contribution is -0.140. The van der Waals surface area contributed by atoms with Gasteiger partial charge in [-0.25, -0.2) is 0 Å². The number of nitrogens with zero attached hydrogens (tertiary/aromatic N) is 2. The minimum absolute atomic E-state index is 0.0582. The first kappa shape index (κ1) is 17.2. The Morgan fingerprint density at radius 2 is 1.77 bits per heavy atom. The van der Waals surface area contributed by atoms with Gasteiger partial charge in [0.2, 0.25) is 11.8 Å². The molecule has 0 unspecified atom stereocenters. The maximum Gasteiger partial charge on any atom is 0.248 e. The molecule has 6 nitrogen and oxygen atoms in total. The minimum atomic E-state index is 0.0582. The molecular formula is C16H29N3O3. The lowest BCUT2D eigenvalue weighted by Crippen LogP contribution is -2.52. The first-order valence-corrected chi connectivity index (χ1v) is 8.57. The minimum Gasteiger partial charge on any atom is -0.368 e. The van der Waals surface area contributed by atoms with E-state index in [1.807, 2.05) is 11.8 Å². The maximum absolute atomic E-state index is 12.2. The van der Waals surface area contributed by atoms with E-state index >= 15 is 0 Å². The van der Waals surface area contributed by atoms with Crippen molar-refractivity contribution in [2.24, 2.45) is 0 Å². The number of amides is 2. The standard InChI is InChI=1S/C16H29N3O3/c1-2-17-15(20)12-18-8-10-19(11-9-18)16(21)13-22-14-6-4-3-5-7-14/h14H,2-13H2,1H3,(H,17,20). The van der Waals surface area contributed by atoms with Gasteiger partial charge in [-0.05, 0) is 19.8 Å². The highest BCUT2D eigenvalue weighted by atomic mass is 16.5. The van der Waals surface area contributed by atoms with E-state index in [4.69, 9.17) is 4.74 Å². The van der Waals surface area contributed by atoms with E-state index in [1.165, 1.54) is 19.3 Å². The van der Waals surface area contributed by atoms with Crippen LogP contribution in [0.3, 0.4) is 0 Å². The summed E-state index contributed by atoms with van der Waals surface area (Å²) in [7, 11) is 0. The Labute approximate surface area is 133 Å². The molecule has 1 saturated heterocycles. The molecule has 0 atom stereocenters. The zero-order chi connectivity index (χ0) is 15.8. The second kappa shape index (κ2) is 9.10. The number of rotatable bonds is 6. The number of hydrogen-bond donors (Lipinski definition) is 1. The van der Waals surface area contributed by atoms with Gasteiger partial charge in [0.05, 0.1) is 12.6 Å². The number of ether oxygens (including phenoxy) is 1. The molecule has 1 N–H and O–H groups in total. The summed E-state index contributed by atoms with van der Waals surface area (Å²) >= 11 is 0. The summed E-state index contributed by atoms with van der Waals surface area (Å²) in [6.45, 7) is 6.10. The van der Waals surface area contributed by atoms with Gasteiger partial charge in [-0.3, -0.25) is 14.5 Å². The molecule has 2 amide bonds. The Kier molecular flexibility index (Phi) is 7.12. The van der Waals surface area contributed by atoms with Crippen molar-refractivity contribution in [1.29, 1.82) is 0 Å². The smallest absolute Gasteiger partial charge is 0.248 e. The summed E-state index contributed by atoms with van der Waals surface area (Å²) in [6.07, 6.45) is 6.19. The van der Waals surface area contributed by atoms with Crippen LogP contribution in [0.15, 0.2) is 0 Å². The average molecular weight is 311 g/mol. The Morgan fingerprint density at radius 3 is 2.41 bits per heavy atom. The van der Waals surface area contributed by atoms with Crippen molar-refractivity contribution < 1.29 is 14.3 Å². The second-order valence-corrected chi connectivity index (χ2v) is 6.18. The number of piperazine rings is 1. The first-order valence-electron chi connectivity index (χ1n) is 8.57. The van der Waals surface area contributed by atoms with E-state index in [2.05, 4.69) is 10.2 Å². The van der Waals surface area contributed by atoms with Crippen molar-refractivity contribution in [1.82, 2.24) is 15.1 Å². The molecule has 2 rings (SSSR count). The van der Waals surface area contributed by atoms with Crippen LogP contribution >= 0.6 is 0 Å². The van der Waals surface area contributed by atoms with Gasteiger partial charge in [-0.15, -0.1) is 0 Å². The molecule has 1 saturated carbocycles. The highest BCUT2D eigenvalue weighted by Crippen LogP contribution is 2.20. The number of hydrogen-bond acceptors (Lipinski definition) is 4. The number of carbonyl (C=O) groups excluding carboxylic acids is 2. The number of carbonyl (C=O) groups is 2. The summed E-state index contributed by atoms with van der Waals surface area (Å²) < 4.78 is 5.75. The van der Waals surface area contributed by atoms with Crippen molar-refractivity contribution in [3.63, 3.8) is 0 Å². The summed E-state index contributed by atoms with van der Waals surface area (Å²) in [4.78, 5) is 27.7. The monoisotopic (exact) mass is 311 g/mol. The van der Waals surface area contributed by atoms with Crippen molar-refractivity contribution in [3.8, 4) is 0 Å². The van der Waals surface area contributed by atoms with Crippen molar-refractivity contribution in [2.45, 2.75) is 45.1 Å². The van der Waals surface area contributed by atoms with Crippen LogP contribution in [0.2, 0.25) is 0 Å². The predicted molar refractivity (Wildman–Crippen MR) is 84.5 cm³/mol. The fourth-order valence-corrected chi connectivity index (χ4v) is 3.12.